The van der Waals surface area contributed by atoms with Gasteiger partial charge in [0.25, 0.3) is 0 Å². The lowest BCUT2D eigenvalue weighted by Gasteiger charge is -2.39. The molecule has 0 radical (unpaired) electrons. The van der Waals surface area contributed by atoms with Crippen LogP contribution in [0.3, 0.4) is 0 Å². The number of carbonyl (C=O) groups is 1. The molecule has 124 valence electrons. The molecule has 1 heterocycles. The first-order valence-electron chi connectivity index (χ1n) is 9.15. The van der Waals surface area contributed by atoms with Crippen LogP contribution in [-0.2, 0) is 4.79 Å². The summed E-state index contributed by atoms with van der Waals surface area (Å²) >= 11 is 0. The first-order chi connectivity index (χ1) is 10.0. The summed E-state index contributed by atoms with van der Waals surface area (Å²) in [7, 11) is 4.50. The second-order valence-corrected chi connectivity index (χ2v) is 7.34. The van der Waals surface area contributed by atoms with Gasteiger partial charge < -0.3 is 9.38 Å². The van der Waals surface area contributed by atoms with Crippen molar-refractivity contribution in [3.05, 3.63) is 0 Å². The van der Waals surface area contributed by atoms with E-state index in [1.54, 1.807) is 0 Å². The minimum Gasteiger partial charge on any atom is -0.331 e. The van der Waals surface area contributed by atoms with Gasteiger partial charge >= 0.3 is 0 Å². The van der Waals surface area contributed by atoms with Gasteiger partial charge in [0.15, 0.2) is 0 Å². The van der Waals surface area contributed by atoms with E-state index in [4.69, 9.17) is 0 Å². The van der Waals surface area contributed by atoms with Gasteiger partial charge in [-0.25, -0.2) is 0 Å². The van der Waals surface area contributed by atoms with Crippen LogP contribution in [0.2, 0.25) is 0 Å². The number of nitrogens with zero attached hydrogens (tertiary/aromatic N) is 2. The summed E-state index contributed by atoms with van der Waals surface area (Å²) < 4.78 is 1.06. The van der Waals surface area contributed by atoms with Gasteiger partial charge in [-0.2, -0.15) is 0 Å². The van der Waals surface area contributed by atoms with Gasteiger partial charge in [0, 0.05) is 6.42 Å². The van der Waals surface area contributed by atoms with Crippen LogP contribution in [0.15, 0.2) is 0 Å². The van der Waals surface area contributed by atoms with E-state index in [1.807, 2.05) is 0 Å². The smallest absolute Gasteiger partial charge is 0.222 e. The first kappa shape index (κ1) is 18.5. The Kier molecular flexibility index (Phi) is 8.98. The van der Waals surface area contributed by atoms with E-state index in [-0.39, 0.29) is 0 Å². The molecule has 0 atom stereocenters. The highest BCUT2D eigenvalue weighted by molar-refractivity contribution is 5.76. The Bertz CT molecular complexity index is 279. The van der Waals surface area contributed by atoms with Crippen LogP contribution in [0.4, 0.5) is 0 Å². The maximum absolute atomic E-state index is 12.1. The van der Waals surface area contributed by atoms with Crippen LogP contribution in [0, 0.1) is 0 Å². The molecule has 21 heavy (non-hydrogen) atoms. The number of carbonyl (C=O) groups excluding carboxylic acids is 1. The van der Waals surface area contributed by atoms with E-state index < -0.39 is 0 Å². The summed E-state index contributed by atoms with van der Waals surface area (Å²) in [6.45, 7) is 6.36. The van der Waals surface area contributed by atoms with Crippen molar-refractivity contribution < 1.29 is 9.28 Å². The van der Waals surface area contributed by atoms with Gasteiger partial charge in [0.1, 0.15) is 0 Å². The molecular weight excluding hydrogens is 260 g/mol. The summed E-state index contributed by atoms with van der Waals surface area (Å²) in [5.41, 5.74) is 0. The molecule has 0 aliphatic carbocycles. The predicted molar refractivity (Wildman–Crippen MR) is 90.3 cm³/mol. The fourth-order valence-corrected chi connectivity index (χ4v) is 3.00. The zero-order valence-electron chi connectivity index (χ0n) is 14.7. The van der Waals surface area contributed by atoms with E-state index in [0.29, 0.717) is 5.91 Å². The fourth-order valence-electron chi connectivity index (χ4n) is 3.00. The Balaban J connectivity index is 1.94. The monoisotopic (exact) mass is 297 g/mol. The molecule has 0 spiro atoms. The molecular formula is C18H37N2O+. The Hall–Kier alpha value is -0.570. The molecule has 0 bridgehead atoms. The first-order valence-corrected chi connectivity index (χ1v) is 9.15. The van der Waals surface area contributed by atoms with E-state index >= 15 is 0 Å². The number of unbranched alkanes of at least 4 members (excludes halogenated alkanes) is 8. The van der Waals surface area contributed by atoms with Crippen molar-refractivity contribution >= 4 is 5.91 Å². The van der Waals surface area contributed by atoms with E-state index in [0.717, 1.165) is 43.5 Å². The maximum Gasteiger partial charge on any atom is 0.222 e. The summed E-state index contributed by atoms with van der Waals surface area (Å²) in [5, 5.41) is 0. The highest BCUT2D eigenvalue weighted by Gasteiger charge is 2.26. The van der Waals surface area contributed by atoms with Crippen molar-refractivity contribution in [2.24, 2.45) is 0 Å². The van der Waals surface area contributed by atoms with E-state index in [9.17, 15) is 4.79 Å². The zero-order valence-corrected chi connectivity index (χ0v) is 14.7. The van der Waals surface area contributed by atoms with Gasteiger partial charge in [-0.1, -0.05) is 58.3 Å². The number of hydrogen-bond donors (Lipinski definition) is 0. The number of hydrogen-bond acceptors (Lipinski definition) is 1. The second-order valence-electron chi connectivity index (χ2n) is 7.34. The van der Waals surface area contributed by atoms with Crippen molar-refractivity contribution in [3.8, 4) is 0 Å². The van der Waals surface area contributed by atoms with E-state index in [1.165, 1.54) is 51.4 Å². The third-order valence-corrected chi connectivity index (χ3v) is 4.80. The largest absolute Gasteiger partial charge is 0.331 e. The van der Waals surface area contributed by atoms with Crippen LogP contribution < -0.4 is 0 Å². The molecule has 1 fully saturated rings. The summed E-state index contributed by atoms with van der Waals surface area (Å²) in [6.07, 6.45) is 12.6. The van der Waals surface area contributed by atoms with Crippen LogP contribution in [0.25, 0.3) is 0 Å². The Labute approximate surface area is 132 Å². The molecule has 3 nitrogen and oxygen atoms in total. The van der Waals surface area contributed by atoms with Gasteiger partial charge in [0.05, 0.1) is 40.3 Å². The summed E-state index contributed by atoms with van der Waals surface area (Å²) in [5.74, 6) is 0.387. The Morgan fingerprint density at radius 2 is 1.33 bits per heavy atom. The normalized spacial score (nSPS) is 18.0. The molecule has 0 aromatic heterocycles. The van der Waals surface area contributed by atoms with Crippen LogP contribution in [-0.4, -0.2) is 55.6 Å². The molecule has 1 aliphatic rings. The highest BCUT2D eigenvalue weighted by atomic mass is 16.2. The van der Waals surface area contributed by atoms with Crippen molar-refractivity contribution in [3.63, 3.8) is 0 Å². The average molecular weight is 298 g/mol. The van der Waals surface area contributed by atoms with Crippen molar-refractivity contribution in [2.45, 2.75) is 71.1 Å². The SMILES string of the molecule is CCCCCCCCCCCC(=O)N1CC[N+](C)(C)CC1. The molecule has 0 aromatic carbocycles. The minimum absolute atomic E-state index is 0.387. The average Bonchev–Trinajstić information content (AvgIpc) is 2.45. The number of quaternary nitrogens is 1. The molecule has 1 amide bonds. The molecule has 3 heteroatoms. The zero-order chi connectivity index (χ0) is 15.6. The standard InChI is InChI=1S/C18H37N2O/c1-4-5-6-7-8-9-10-11-12-13-18(21)19-14-16-20(2,3)17-15-19/h4-17H2,1-3H3/q+1. The summed E-state index contributed by atoms with van der Waals surface area (Å²) in [6, 6.07) is 0. The second kappa shape index (κ2) is 10.2. The molecule has 0 saturated carbocycles. The minimum atomic E-state index is 0.387. The van der Waals surface area contributed by atoms with Gasteiger partial charge in [0.2, 0.25) is 5.91 Å². The molecule has 0 aromatic rings. The molecule has 1 saturated heterocycles. The lowest BCUT2D eigenvalue weighted by Crippen LogP contribution is -2.56. The lowest BCUT2D eigenvalue weighted by atomic mass is 10.1. The van der Waals surface area contributed by atoms with Crippen LogP contribution >= 0.6 is 0 Å². The predicted octanol–water partition coefficient (Wildman–Crippen LogP) is 3.83. The number of amides is 1. The lowest BCUT2D eigenvalue weighted by molar-refractivity contribution is -0.894. The summed E-state index contributed by atoms with van der Waals surface area (Å²) in [4.78, 5) is 14.2. The Morgan fingerprint density at radius 1 is 0.857 bits per heavy atom. The topological polar surface area (TPSA) is 20.3 Å². The van der Waals surface area contributed by atoms with Crippen LogP contribution in [0.5, 0.6) is 0 Å². The molecule has 1 aliphatic heterocycles. The molecule has 0 unspecified atom stereocenters. The maximum atomic E-state index is 12.1. The van der Waals surface area contributed by atoms with E-state index in [2.05, 4.69) is 25.9 Å². The highest BCUT2D eigenvalue weighted by Crippen LogP contribution is 2.13. The van der Waals surface area contributed by atoms with Crippen molar-refractivity contribution in [1.82, 2.24) is 4.90 Å². The Morgan fingerprint density at radius 3 is 1.86 bits per heavy atom. The van der Waals surface area contributed by atoms with Crippen LogP contribution in [0.1, 0.15) is 71.1 Å². The molecule has 1 rings (SSSR count). The van der Waals surface area contributed by atoms with Gasteiger partial charge in [-0.15, -0.1) is 0 Å². The molecule has 0 N–H and O–H groups in total. The third kappa shape index (κ3) is 8.45. The quantitative estimate of drug-likeness (QED) is 0.443. The number of likely N-dealkylation sites (N-methyl/N-ethyl adjacent to an activating group) is 1. The number of rotatable bonds is 10. The van der Waals surface area contributed by atoms with Crippen molar-refractivity contribution in [1.29, 1.82) is 0 Å². The number of piperazine rings is 1. The van der Waals surface area contributed by atoms with Gasteiger partial charge in [-0.05, 0) is 6.42 Å². The third-order valence-electron chi connectivity index (χ3n) is 4.80. The fraction of sp³-hybridized carbons (Fsp3) is 0.944. The van der Waals surface area contributed by atoms with Crippen molar-refractivity contribution in [2.75, 3.05) is 40.3 Å². The van der Waals surface area contributed by atoms with Gasteiger partial charge in [-0.3, -0.25) is 4.79 Å².